The Bertz CT molecular complexity index is 4420. The van der Waals surface area contributed by atoms with E-state index in [9.17, 15) is 38.4 Å². The maximum atomic E-state index is 11.6. The van der Waals surface area contributed by atoms with E-state index >= 15 is 0 Å². The minimum atomic E-state index is 0.0730. The van der Waals surface area contributed by atoms with Crippen LogP contribution in [-0.4, -0.2) is 45.7 Å². The van der Waals surface area contributed by atoms with Gasteiger partial charge in [-0.25, -0.2) is 0 Å². The van der Waals surface area contributed by atoms with Crippen molar-refractivity contribution in [1.29, 1.82) is 0 Å². The molecule has 0 aliphatic carbocycles. The van der Waals surface area contributed by atoms with Crippen LogP contribution in [0.4, 0.5) is 0 Å². The molecule has 0 atom stereocenters. The summed E-state index contributed by atoms with van der Waals surface area (Å²) in [7, 11) is 0. The van der Waals surface area contributed by atoms with Gasteiger partial charge >= 0.3 is 0 Å². The molecule has 6 N–H and O–H groups in total. The van der Waals surface area contributed by atoms with Crippen LogP contribution in [0, 0.1) is 0 Å². The Morgan fingerprint density at radius 1 is 0.260 bits per heavy atom. The van der Waals surface area contributed by atoms with Crippen molar-refractivity contribution in [1.82, 2.24) is 31.9 Å². The highest BCUT2D eigenvalue weighted by atomic mass is 32.2. The summed E-state index contributed by atoms with van der Waals surface area (Å²) in [5.41, 5.74) is 17.8. The molecule has 0 saturated carbocycles. The number of thioether (sulfide) groups is 2. The molecule has 0 fully saturated rings. The minimum absolute atomic E-state index is 0.0730. The van der Waals surface area contributed by atoms with Crippen molar-refractivity contribution in [3.05, 3.63) is 336 Å². The van der Waals surface area contributed by atoms with Gasteiger partial charge in [0.1, 0.15) is 0 Å². The number of hydrogen-bond acceptors (Lipinski definition) is 10. The molecule has 0 bridgehead atoms. The number of amides is 6. The van der Waals surface area contributed by atoms with Crippen molar-refractivity contribution in [2.24, 2.45) is 0 Å². The predicted molar refractivity (Wildman–Crippen MR) is 529 cm³/mol. The maximum Gasteiger partial charge on any atom is 0.220 e. The van der Waals surface area contributed by atoms with Crippen molar-refractivity contribution < 1.29 is 38.4 Å². The van der Waals surface area contributed by atoms with E-state index in [0.29, 0.717) is 77.8 Å². The maximum absolute atomic E-state index is 11.6. The zero-order valence-electron chi connectivity index (χ0n) is 74.9. The SMILES string of the molecule is C=Cc1ccc(CNC(=O)CCC)cc1.C=Cc1ccc(CNC(=O)CCCCC)cc1.C=Cc1ccc(CNC(=O)CCCCCCC)cc1.C=Cc1ccc(CSC(C)=O)cc1.C=Cc1cccc(CNC(=O)CCC)c1.C=Cc1cccc(CNC(=O)CCCCC)c1.C=Cc1cccc(CSC(C)=O)c1.C=Cc1ccccc1CNC(=O)CC. The molecule has 0 aromatic heterocycles. The van der Waals surface area contributed by atoms with E-state index in [1.54, 1.807) is 32.1 Å². The smallest absolute Gasteiger partial charge is 0.220 e. The van der Waals surface area contributed by atoms with Gasteiger partial charge in [0.05, 0.1) is 0 Å². The van der Waals surface area contributed by atoms with E-state index in [1.807, 2.05) is 245 Å². The van der Waals surface area contributed by atoms with Crippen molar-refractivity contribution in [3.63, 3.8) is 0 Å². The van der Waals surface area contributed by atoms with Gasteiger partial charge in [-0.2, -0.15) is 0 Å². The Balaban J connectivity index is 0.000000705. The highest BCUT2D eigenvalue weighted by molar-refractivity contribution is 8.13. The lowest BCUT2D eigenvalue weighted by atomic mass is 10.1. The third-order valence-electron chi connectivity index (χ3n) is 18.3. The summed E-state index contributed by atoms with van der Waals surface area (Å²) >= 11 is 2.66. The largest absolute Gasteiger partial charge is 0.352 e. The van der Waals surface area contributed by atoms with E-state index in [4.69, 9.17) is 0 Å². The Morgan fingerprint density at radius 3 is 0.870 bits per heavy atom. The van der Waals surface area contributed by atoms with Gasteiger partial charge in [-0.1, -0.05) is 400 Å². The molecule has 0 spiro atoms. The average Bonchev–Trinajstić information content (AvgIpc) is 0.767. The summed E-state index contributed by atoms with van der Waals surface area (Å²) in [6.07, 6.45) is 32.3. The van der Waals surface area contributed by atoms with Crippen LogP contribution in [0.5, 0.6) is 0 Å². The Hall–Kier alpha value is -11.5. The standard InChI is InChI=1S/C17H25NO.2C15H21NO.2C13H17NO.C12H15NO.2C11H12OS/c1-3-5-6-7-8-9-17(19)18-14-16-12-10-15(4-2)11-13-16;1-3-5-6-10-15(17)16-12-14-9-7-8-13(4-2)11-14;1-3-5-6-7-15(17)16-12-14-10-8-13(4-2)9-11-14;1-3-6-13(15)14-10-12-8-5-7-11(4-2)9-12;1-3-5-13(15)14-10-12-8-6-11(4-2)7-9-12;1-3-10-7-5-6-8-11(10)9-13-12(14)4-2;1-3-10-4-6-11(7-5-10)8-13-9(2)12;1-3-10-5-4-6-11(7-10)8-13-9(2)12/h4,10-13H,2-3,5-9,14H2,1H3,(H,18,19);4,7-9,11H,2-3,5-6,10,12H2,1H3,(H,16,17);4,8-11H,2-3,5-7,12H2,1H3,(H,16,17);4-5,7-9H,2-3,6,10H2,1H3,(H,14,15);4,6-9H,2-3,5,10H2,1H3,(H,14,15);3,5-8H,1,4,9H2,2H3,(H,13,14);2*3-7H,1,8H2,2H3. The molecule has 123 heavy (non-hydrogen) atoms. The first kappa shape index (κ1) is 110. The molecule has 14 nitrogen and oxygen atoms in total. The summed E-state index contributed by atoms with van der Waals surface area (Å²) < 4.78 is 0. The number of benzene rings is 8. The number of rotatable bonds is 43. The first-order valence-electron chi connectivity index (χ1n) is 43.1. The second kappa shape index (κ2) is 72.2. The zero-order chi connectivity index (χ0) is 90.9. The van der Waals surface area contributed by atoms with E-state index in [1.165, 1.54) is 48.3 Å². The zero-order valence-corrected chi connectivity index (χ0v) is 76.6. The summed E-state index contributed by atoms with van der Waals surface area (Å²) in [4.78, 5) is 89.5. The van der Waals surface area contributed by atoms with Crippen LogP contribution in [0.15, 0.2) is 247 Å². The van der Waals surface area contributed by atoms with Gasteiger partial charge in [0, 0.05) is 103 Å². The van der Waals surface area contributed by atoms with Crippen LogP contribution in [0.25, 0.3) is 48.6 Å². The highest BCUT2D eigenvalue weighted by Gasteiger charge is 2.08. The van der Waals surface area contributed by atoms with Gasteiger partial charge in [-0.05, 0) is 133 Å². The molecule has 16 heteroatoms. The van der Waals surface area contributed by atoms with Gasteiger partial charge in [-0.15, -0.1) is 0 Å². The number of hydrogen-bond donors (Lipinski definition) is 6. The van der Waals surface area contributed by atoms with Crippen LogP contribution in [0.2, 0.25) is 0 Å². The van der Waals surface area contributed by atoms with Gasteiger partial charge in [0.15, 0.2) is 10.2 Å². The third kappa shape index (κ3) is 57.5. The van der Waals surface area contributed by atoms with Crippen molar-refractivity contribution >= 4 is 118 Å². The highest BCUT2D eigenvalue weighted by Crippen LogP contribution is 2.18. The molecular formula is C107H140N6O8S2. The van der Waals surface area contributed by atoms with E-state index in [2.05, 4.69) is 105 Å². The molecule has 6 amide bonds. The molecule has 8 rings (SSSR count). The Labute approximate surface area is 747 Å². The van der Waals surface area contributed by atoms with Crippen LogP contribution in [-0.2, 0) is 89.1 Å². The van der Waals surface area contributed by atoms with Crippen molar-refractivity contribution in [2.45, 2.75) is 228 Å². The number of carbonyl (C=O) groups excluding carboxylic acids is 8. The fourth-order valence-corrected chi connectivity index (χ4v) is 12.1. The Kier molecular flexibility index (Phi) is 64.3. The molecule has 0 aliphatic rings. The first-order valence-corrected chi connectivity index (χ1v) is 45.1. The molecule has 0 heterocycles. The number of nitrogens with one attached hydrogen (secondary N) is 6. The average molecular weight is 1700 g/mol. The van der Waals surface area contributed by atoms with Crippen molar-refractivity contribution in [2.75, 3.05) is 0 Å². The number of carbonyl (C=O) groups is 8. The van der Waals surface area contributed by atoms with Gasteiger partial charge in [-0.3, -0.25) is 38.4 Å². The van der Waals surface area contributed by atoms with Crippen molar-refractivity contribution in [3.8, 4) is 0 Å². The van der Waals surface area contributed by atoms with Crippen LogP contribution < -0.4 is 31.9 Å². The van der Waals surface area contributed by atoms with Gasteiger partial charge < -0.3 is 31.9 Å². The Morgan fingerprint density at radius 2 is 0.545 bits per heavy atom. The second-order valence-electron chi connectivity index (χ2n) is 28.7. The molecule has 8 aromatic rings. The van der Waals surface area contributed by atoms with Gasteiger partial charge in [0.2, 0.25) is 35.4 Å². The third-order valence-corrected chi connectivity index (χ3v) is 20.1. The summed E-state index contributed by atoms with van der Waals surface area (Å²) in [6, 6.07) is 64.1. The van der Waals surface area contributed by atoms with Crippen LogP contribution >= 0.6 is 23.5 Å². The molecule has 658 valence electrons. The van der Waals surface area contributed by atoms with E-state index in [-0.39, 0.29) is 45.7 Å². The lowest BCUT2D eigenvalue weighted by Gasteiger charge is -2.06. The number of unbranched alkanes of at least 4 members (excludes halogenated alkanes) is 8. The molecular weight excluding hydrogens is 1560 g/mol. The first-order chi connectivity index (χ1) is 59.5. The fourth-order valence-electron chi connectivity index (χ4n) is 11.0. The monoisotopic (exact) mass is 1700 g/mol. The summed E-state index contributed by atoms with van der Waals surface area (Å²) in [6.45, 7) is 48.8. The molecule has 0 unspecified atom stereocenters. The molecule has 0 aliphatic heterocycles. The summed E-state index contributed by atoms with van der Waals surface area (Å²) in [5.74, 6) is 2.25. The van der Waals surface area contributed by atoms with Crippen LogP contribution in [0.3, 0.4) is 0 Å². The minimum Gasteiger partial charge on any atom is -0.352 e. The quantitative estimate of drug-likeness (QED) is 0.0199. The summed E-state index contributed by atoms with van der Waals surface area (Å²) in [5, 5.41) is 17.7. The normalized spacial score (nSPS) is 9.79. The molecule has 0 saturated heterocycles. The molecule has 0 radical (unpaired) electrons. The van der Waals surface area contributed by atoms with Crippen LogP contribution in [0.1, 0.15) is 266 Å². The lowest BCUT2D eigenvalue weighted by molar-refractivity contribution is -0.122. The predicted octanol–water partition coefficient (Wildman–Crippen LogP) is 25.4. The lowest BCUT2D eigenvalue weighted by Crippen LogP contribution is -2.22. The topological polar surface area (TPSA) is 209 Å². The van der Waals surface area contributed by atoms with E-state index in [0.717, 1.165) is 159 Å². The van der Waals surface area contributed by atoms with E-state index < -0.39 is 0 Å². The fraction of sp³-hybridized carbons (Fsp3) is 0.327. The second-order valence-corrected chi connectivity index (χ2v) is 31.0. The van der Waals surface area contributed by atoms with Gasteiger partial charge in [0.25, 0.3) is 0 Å². The molecule has 8 aromatic carbocycles.